The van der Waals surface area contributed by atoms with Crippen LogP contribution in [-0.4, -0.2) is 128 Å². The Balaban J connectivity index is -0.000000184. The lowest BCUT2D eigenvalue weighted by Gasteiger charge is -2.19. The highest BCUT2D eigenvalue weighted by Crippen LogP contribution is 2.41. The van der Waals surface area contributed by atoms with Gasteiger partial charge in [-0.05, 0) is 80.6 Å². The van der Waals surface area contributed by atoms with Crippen LogP contribution in [0, 0.1) is 37.9 Å². The van der Waals surface area contributed by atoms with Gasteiger partial charge in [-0.2, -0.15) is 10.0 Å². The van der Waals surface area contributed by atoms with Crippen molar-refractivity contribution in [2.75, 3.05) is 24.8 Å². The molecule has 436 valence electrons. The van der Waals surface area contributed by atoms with Gasteiger partial charge in [0.15, 0.2) is 36.4 Å². The van der Waals surface area contributed by atoms with Crippen LogP contribution in [0.25, 0.3) is 0 Å². The Morgan fingerprint density at radius 2 is 1.07 bits per heavy atom. The first-order chi connectivity index (χ1) is 31.6. The second-order valence-corrected chi connectivity index (χ2v) is 31.9. The van der Waals surface area contributed by atoms with Crippen molar-refractivity contribution < 1.29 is 37.3 Å². The third kappa shape index (κ3) is 68.4. The monoisotopic (exact) mass is 1090 g/mol. The summed E-state index contributed by atoms with van der Waals surface area (Å²) in [5.74, 6) is 2.88. The number of carbonyl (C=O) groups is 3. The number of tetrazole rings is 3. The van der Waals surface area contributed by atoms with Gasteiger partial charge in [0, 0.05) is 44.8 Å². The molecule has 0 saturated carbocycles. The molecule has 1 unspecified atom stereocenters. The molecule has 0 radical (unpaired) electrons. The van der Waals surface area contributed by atoms with Crippen LogP contribution in [-0.2, 0) is 61.1 Å². The predicted molar refractivity (Wildman–Crippen MR) is 306 cm³/mol. The molecular formula is C51H110BN12O8PS. The van der Waals surface area contributed by atoms with Crippen LogP contribution < -0.4 is 0 Å². The van der Waals surface area contributed by atoms with Crippen LogP contribution in [0.3, 0.4) is 0 Å². The minimum atomic E-state index is -2.79. The zero-order chi connectivity index (χ0) is 58.1. The standard InChI is InChI=1S/2C9H16N4O.C7H14O.C6H15BO.C6H12N4.C6H15O2P.C6H14O2S.2CH4/c1-7(14)6-13-8(10-11-12-13)5-9(2,3)4;1-7(14)6-13-11-8(10-12-13)5-9(2,3)4;1-6(8)5-7(2,3)4;1-6(2,3)5-7(4)8;1-6(2,3)4-5-7-9-10-8-5;2*1-6(2,3)5-9(4,7)8;;/h2*5-6H2,1-4H3;5H2,1-4H3;8H,5H2,1-4H3;4H2,1-3H3,(H,7,8,9,10);5H2,1-4H3,(H,7,8);5H2,1-4H3;2*1H4. The molecule has 0 fully saturated rings. The summed E-state index contributed by atoms with van der Waals surface area (Å²) in [7, 11) is -5.57. The van der Waals surface area contributed by atoms with Crippen molar-refractivity contribution in [3.05, 3.63) is 17.5 Å². The van der Waals surface area contributed by atoms with Crippen LogP contribution in [0.2, 0.25) is 13.1 Å². The average Bonchev–Trinajstić information content (AvgIpc) is 3.78. The normalized spacial score (nSPS) is 12.6. The number of nitrogens with zero attached hydrogens (tertiary/aromatic N) is 11. The van der Waals surface area contributed by atoms with Crippen LogP contribution >= 0.6 is 7.37 Å². The second-order valence-electron chi connectivity index (χ2n) is 27.4. The topological polar surface area (TPSA) is 285 Å². The largest absolute Gasteiger partial charge is 0.451 e. The first-order valence-corrected chi connectivity index (χ1v) is 28.8. The highest BCUT2D eigenvalue weighted by molar-refractivity contribution is 7.90. The van der Waals surface area contributed by atoms with E-state index in [2.05, 4.69) is 155 Å². The fourth-order valence-electron chi connectivity index (χ4n) is 6.28. The average molecular weight is 1090 g/mol. The third-order valence-corrected chi connectivity index (χ3v) is 10.4. The Hall–Kier alpha value is -3.62. The summed E-state index contributed by atoms with van der Waals surface area (Å²) in [6.45, 7) is 51.5. The molecule has 0 amide bonds. The van der Waals surface area contributed by atoms with E-state index in [0.717, 1.165) is 37.2 Å². The number of H-pyrrole nitrogens is 1. The van der Waals surface area contributed by atoms with Gasteiger partial charge in [-0.25, -0.2) is 13.1 Å². The number of aromatic nitrogens is 12. The molecule has 0 aliphatic heterocycles. The van der Waals surface area contributed by atoms with Crippen molar-refractivity contribution in [1.29, 1.82) is 0 Å². The van der Waals surface area contributed by atoms with E-state index < -0.39 is 17.2 Å². The summed E-state index contributed by atoms with van der Waals surface area (Å²) in [5.41, 5.74) is 0.823. The fraction of sp³-hybridized carbons (Fsp3) is 0.882. The lowest BCUT2D eigenvalue weighted by molar-refractivity contribution is -0.119. The third-order valence-electron chi connectivity index (χ3n) is 7.44. The van der Waals surface area contributed by atoms with E-state index in [1.54, 1.807) is 11.6 Å². The Labute approximate surface area is 451 Å². The molecular weight excluding hydrogens is 982 g/mol. The summed E-state index contributed by atoms with van der Waals surface area (Å²) in [6.07, 6.45) is 5.64. The summed E-state index contributed by atoms with van der Waals surface area (Å²) >= 11 is 0. The van der Waals surface area contributed by atoms with Gasteiger partial charge < -0.3 is 14.7 Å². The minimum Gasteiger partial charge on any atom is -0.451 e. The van der Waals surface area contributed by atoms with Crippen LogP contribution in [0.5, 0.6) is 0 Å². The van der Waals surface area contributed by atoms with Crippen molar-refractivity contribution in [2.45, 2.75) is 233 Å². The van der Waals surface area contributed by atoms with Gasteiger partial charge in [-0.1, -0.05) is 172 Å². The van der Waals surface area contributed by atoms with Crippen molar-refractivity contribution in [3.63, 3.8) is 0 Å². The quantitative estimate of drug-likeness (QED) is 0.119. The number of rotatable bonds is 11. The highest BCUT2D eigenvalue weighted by atomic mass is 32.2. The number of nitrogens with one attached hydrogen (secondary N) is 1. The summed E-state index contributed by atoms with van der Waals surface area (Å²) in [5, 5.41) is 45.5. The van der Waals surface area contributed by atoms with E-state index in [-0.39, 0.29) is 95.9 Å². The zero-order valence-electron chi connectivity index (χ0n) is 50.1. The molecule has 20 nitrogen and oxygen atoms in total. The Bertz CT molecular complexity index is 2120. The maximum Gasteiger partial charge on any atom is 0.286 e. The number of Topliss-reactive ketones (excluding diaryl/α,β-unsaturated/α-hetero) is 3. The van der Waals surface area contributed by atoms with Crippen LogP contribution in [0.4, 0.5) is 0 Å². The number of hydrogen-bond donors (Lipinski definition) is 3. The number of ketones is 3. The number of hydrogen-bond acceptors (Lipinski definition) is 16. The van der Waals surface area contributed by atoms with Crippen molar-refractivity contribution in [1.82, 2.24) is 61.0 Å². The zero-order valence-corrected chi connectivity index (χ0v) is 51.8. The van der Waals surface area contributed by atoms with Crippen molar-refractivity contribution in [2.24, 2.45) is 37.9 Å². The molecule has 3 N–H and O–H groups in total. The van der Waals surface area contributed by atoms with Gasteiger partial charge in [-0.15, -0.1) is 25.5 Å². The molecule has 3 aromatic heterocycles. The smallest absolute Gasteiger partial charge is 0.286 e. The lowest BCUT2D eigenvalue weighted by Crippen LogP contribution is -2.19. The SMILES string of the molecule is C.C.CB(O)CC(C)(C)C.CC(=O)CC(C)(C)C.CC(=O)Cn1nnc(CC(C)(C)C)n1.CC(=O)Cn1nnnc1CC(C)(C)C.CC(C)(C)CP(C)(=O)O.CC(C)(C)CS(C)(=O)=O.CC(C)(C)Cc1nn[nH]n1. The van der Waals surface area contributed by atoms with Crippen molar-refractivity contribution in [3.8, 4) is 0 Å². The van der Waals surface area contributed by atoms with Gasteiger partial charge in [-0.3, -0.25) is 14.2 Å². The molecule has 0 aromatic carbocycles. The highest BCUT2D eigenvalue weighted by Gasteiger charge is 2.22. The molecule has 0 spiro atoms. The summed E-state index contributed by atoms with van der Waals surface area (Å²) < 4.78 is 33.6. The fourth-order valence-corrected chi connectivity index (χ4v) is 9.61. The number of aromatic amines is 1. The molecule has 0 saturated heterocycles. The Kier molecular flexibility index (Phi) is 38.6. The Morgan fingerprint density at radius 3 is 1.31 bits per heavy atom. The van der Waals surface area contributed by atoms with Gasteiger partial charge in [0.05, 0.1) is 5.75 Å². The molecule has 3 aromatic rings. The van der Waals surface area contributed by atoms with Gasteiger partial charge in [0.1, 0.15) is 28.7 Å². The predicted octanol–water partition coefficient (Wildman–Crippen LogP) is 10.4. The molecule has 23 heteroatoms. The minimum absolute atomic E-state index is 0. The molecule has 0 aliphatic rings. The molecule has 74 heavy (non-hydrogen) atoms. The van der Waals surface area contributed by atoms with Gasteiger partial charge in [0.25, 0.3) is 6.92 Å². The summed E-state index contributed by atoms with van der Waals surface area (Å²) in [6, 6.07) is 0. The van der Waals surface area contributed by atoms with Crippen LogP contribution in [0.15, 0.2) is 0 Å². The van der Waals surface area contributed by atoms with Crippen LogP contribution in [0.1, 0.15) is 205 Å². The van der Waals surface area contributed by atoms with E-state index in [1.807, 2.05) is 48.4 Å². The van der Waals surface area contributed by atoms with E-state index >= 15 is 0 Å². The van der Waals surface area contributed by atoms with E-state index in [9.17, 15) is 27.4 Å². The van der Waals surface area contributed by atoms with E-state index in [4.69, 9.17) is 9.92 Å². The van der Waals surface area contributed by atoms with Gasteiger partial charge in [0.2, 0.25) is 0 Å². The van der Waals surface area contributed by atoms with Crippen molar-refractivity contribution >= 4 is 41.5 Å². The lowest BCUT2D eigenvalue weighted by atomic mass is 9.60. The molecule has 3 heterocycles. The first-order valence-electron chi connectivity index (χ1n) is 24.4. The molecule has 1 atom stereocenters. The van der Waals surface area contributed by atoms with Gasteiger partial charge >= 0.3 is 0 Å². The number of carbonyl (C=O) groups excluding carboxylic acids is 3. The summed E-state index contributed by atoms with van der Waals surface area (Å²) in [4.78, 5) is 42.4. The molecule has 0 aliphatic carbocycles. The molecule has 3 rings (SSSR count). The molecule has 0 bridgehead atoms. The Morgan fingerprint density at radius 1 is 0.622 bits per heavy atom. The maximum atomic E-state index is 10.9. The second kappa shape index (κ2) is 34.9. The van der Waals surface area contributed by atoms with E-state index in [0.29, 0.717) is 18.4 Å². The van der Waals surface area contributed by atoms with E-state index in [1.165, 1.54) is 31.6 Å². The number of sulfone groups is 1. The first kappa shape index (κ1) is 81.7. The maximum absolute atomic E-state index is 10.9.